The first-order chi connectivity index (χ1) is 13.1. The molecule has 0 unspecified atom stereocenters. The topological polar surface area (TPSA) is 61.4 Å². The van der Waals surface area contributed by atoms with Crippen LogP contribution in [0.2, 0.25) is 5.02 Å². The Morgan fingerprint density at radius 3 is 2.74 bits per heavy atom. The maximum Gasteiger partial charge on any atom is 0.269 e. The van der Waals surface area contributed by atoms with E-state index in [2.05, 4.69) is 22.9 Å². The van der Waals surface area contributed by atoms with Crippen LogP contribution in [-0.2, 0) is 16.0 Å². The summed E-state index contributed by atoms with van der Waals surface area (Å²) in [4.78, 5) is 25.1. The van der Waals surface area contributed by atoms with Gasteiger partial charge in [-0.05, 0) is 60.7 Å². The Morgan fingerprint density at radius 1 is 1.15 bits per heavy atom. The zero-order valence-electron chi connectivity index (χ0n) is 14.7. The molecule has 27 heavy (non-hydrogen) atoms. The van der Waals surface area contributed by atoms with E-state index < -0.39 is 0 Å². The van der Waals surface area contributed by atoms with Crippen LogP contribution in [0.4, 0.5) is 5.69 Å². The van der Waals surface area contributed by atoms with Crippen molar-refractivity contribution in [1.82, 2.24) is 10.7 Å². The third-order valence-electron chi connectivity index (χ3n) is 4.97. The first-order valence-corrected chi connectivity index (χ1v) is 9.43. The van der Waals surface area contributed by atoms with Crippen molar-refractivity contribution < 1.29 is 9.59 Å². The molecule has 138 valence electrons. The Bertz CT molecular complexity index is 908. The van der Waals surface area contributed by atoms with Gasteiger partial charge in [0.15, 0.2) is 0 Å². The number of nitrogens with one attached hydrogen (secondary N) is 2. The molecule has 0 aromatic heterocycles. The van der Waals surface area contributed by atoms with E-state index in [-0.39, 0.29) is 24.3 Å². The number of rotatable bonds is 3. The first-order valence-electron chi connectivity index (χ1n) is 9.06. The SMILES string of the molecule is O=C(N[C@H]1CCCc2ccccc21)C1=CCC(=O)N(c2ccc(Cl)cc2)N1. The van der Waals surface area contributed by atoms with Crippen molar-refractivity contribution >= 4 is 29.1 Å². The second-order valence-electron chi connectivity index (χ2n) is 6.76. The summed E-state index contributed by atoms with van der Waals surface area (Å²) in [5, 5.41) is 5.09. The second-order valence-corrected chi connectivity index (χ2v) is 7.19. The average molecular weight is 382 g/mol. The van der Waals surface area contributed by atoms with Crippen LogP contribution in [0.1, 0.15) is 36.4 Å². The standard InChI is InChI=1S/C21H20ClN3O2/c22-15-8-10-16(11-9-15)25-20(26)13-12-19(24-25)21(27)23-18-7-3-5-14-4-1-2-6-17(14)18/h1-2,4,6,8-12,18,24H,3,5,7,13H2,(H,23,27)/t18-/m0/s1. The minimum atomic E-state index is -0.205. The Labute approximate surface area is 163 Å². The van der Waals surface area contributed by atoms with Gasteiger partial charge in [0.05, 0.1) is 11.7 Å². The smallest absolute Gasteiger partial charge is 0.269 e. The van der Waals surface area contributed by atoms with Crippen molar-refractivity contribution in [2.75, 3.05) is 5.01 Å². The fourth-order valence-corrected chi connectivity index (χ4v) is 3.72. The van der Waals surface area contributed by atoms with Gasteiger partial charge in [-0.1, -0.05) is 35.9 Å². The molecule has 4 rings (SSSR count). The van der Waals surface area contributed by atoms with Crippen molar-refractivity contribution in [2.24, 2.45) is 0 Å². The normalized spacial score (nSPS) is 19.0. The predicted octanol–water partition coefficient (Wildman–Crippen LogP) is 3.66. The second kappa shape index (κ2) is 7.45. The third-order valence-corrected chi connectivity index (χ3v) is 5.22. The maximum absolute atomic E-state index is 12.8. The van der Waals surface area contributed by atoms with Crippen molar-refractivity contribution in [3.63, 3.8) is 0 Å². The summed E-state index contributed by atoms with van der Waals surface area (Å²) in [5.41, 5.74) is 6.44. The molecule has 1 atom stereocenters. The Kier molecular flexibility index (Phi) is 4.86. The number of hydrazine groups is 1. The maximum atomic E-state index is 12.8. The molecule has 1 aliphatic carbocycles. The quantitative estimate of drug-likeness (QED) is 0.852. The van der Waals surface area contributed by atoms with E-state index in [0.717, 1.165) is 19.3 Å². The summed E-state index contributed by atoms with van der Waals surface area (Å²) in [6.07, 6.45) is 4.81. The summed E-state index contributed by atoms with van der Waals surface area (Å²) >= 11 is 5.92. The lowest BCUT2D eigenvalue weighted by Gasteiger charge is -2.31. The number of fused-ring (bicyclic) bond motifs is 1. The van der Waals surface area contributed by atoms with E-state index in [0.29, 0.717) is 16.4 Å². The largest absolute Gasteiger partial charge is 0.344 e. The van der Waals surface area contributed by atoms with Gasteiger partial charge >= 0.3 is 0 Å². The fourth-order valence-electron chi connectivity index (χ4n) is 3.59. The predicted molar refractivity (Wildman–Crippen MR) is 105 cm³/mol. The van der Waals surface area contributed by atoms with Crippen LogP contribution in [0.5, 0.6) is 0 Å². The van der Waals surface area contributed by atoms with Crippen molar-refractivity contribution in [3.8, 4) is 0 Å². The molecule has 5 nitrogen and oxygen atoms in total. The zero-order chi connectivity index (χ0) is 18.8. The van der Waals surface area contributed by atoms with Gasteiger partial charge in [0.1, 0.15) is 5.70 Å². The van der Waals surface area contributed by atoms with E-state index in [4.69, 9.17) is 11.6 Å². The molecule has 2 amide bonds. The zero-order valence-corrected chi connectivity index (χ0v) is 15.5. The molecule has 1 aliphatic heterocycles. The van der Waals surface area contributed by atoms with Gasteiger partial charge in [0, 0.05) is 11.4 Å². The number of carbonyl (C=O) groups excluding carboxylic acids is 2. The summed E-state index contributed by atoms with van der Waals surface area (Å²) in [6, 6.07) is 15.1. The van der Waals surface area contributed by atoms with Gasteiger partial charge in [-0.25, -0.2) is 5.01 Å². The van der Waals surface area contributed by atoms with Gasteiger partial charge in [-0.15, -0.1) is 0 Å². The number of halogens is 1. The number of nitrogens with zero attached hydrogens (tertiary/aromatic N) is 1. The Balaban J connectivity index is 1.49. The average Bonchev–Trinajstić information content (AvgIpc) is 2.69. The van der Waals surface area contributed by atoms with Crippen LogP contribution in [-0.4, -0.2) is 11.8 Å². The number of amides is 2. The fraction of sp³-hybridized carbons (Fsp3) is 0.238. The molecule has 0 bridgehead atoms. The molecule has 0 spiro atoms. The number of hydrogen-bond donors (Lipinski definition) is 2. The summed E-state index contributed by atoms with van der Waals surface area (Å²) in [5.74, 6) is -0.333. The molecule has 2 aromatic carbocycles. The van der Waals surface area contributed by atoms with E-state index >= 15 is 0 Å². The molecule has 0 fully saturated rings. The number of anilines is 1. The molecule has 0 saturated carbocycles. The Morgan fingerprint density at radius 2 is 1.93 bits per heavy atom. The highest BCUT2D eigenvalue weighted by molar-refractivity contribution is 6.30. The summed E-state index contributed by atoms with van der Waals surface area (Å²) < 4.78 is 0. The summed E-state index contributed by atoms with van der Waals surface area (Å²) in [7, 11) is 0. The monoisotopic (exact) mass is 381 g/mol. The van der Waals surface area contributed by atoms with E-state index in [1.165, 1.54) is 16.1 Å². The first kappa shape index (κ1) is 17.6. The van der Waals surface area contributed by atoms with Crippen molar-refractivity contribution in [1.29, 1.82) is 0 Å². The van der Waals surface area contributed by atoms with Gasteiger partial charge in [-0.3, -0.25) is 15.0 Å². The molecule has 2 aliphatic rings. The number of carbonyl (C=O) groups is 2. The Hall–Kier alpha value is -2.79. The van der Waals surface area contributed by atoms with E-state index in [1.54, 1.807) is 30.3 Å². The minimum absolute atomic E-state index is 0.00763. The molecule has 2 N–H and O–H groups in total. The van der Waals surface area contributed by atoms with Crippen molar-refractivity contribution in [2.45, 2.75) is 31.7 Å². The number of benzene rings is 2. The van der Waals surface area contributed by atoms with Crippen LogP contribution in [0.3, 0.4) is 0 Å². The molecule has 1 heterocycles. The minimum Gasteiger partial charge on any atom is -0.344 e. The highest BCUT2D eigenvalue weighted by Gasteiger charge is 2.27. The van der Waals surface area contributed by atoms with E-state index in [9.17, 15) is 9.59 Å². The molecular formula is C21H20ClN3O2. The van der Waals surface area contributed by atoms with E-state index in [1.807, 2.05) is 12.1 Å². The van der Waals surface area contributed by atoms with Gasteiger partial charge < -0.3 is 5.32 Å². The van der Waals surface area contributed by atoms with Gasteiger partial charge in [0.2, 0.25) is 5.91 Å². The number of aryl methyl sites for hydroxylation is 1. The lowest BCUT2D eigenvalue weighted by atomic mass is 9.87. The molecule has 0 saturated heterocycles. The molecular weight excluding hydrogens is 362 g/mol. The van der Waals surface area contributed by atoms with Gasteiger partial charge in [0.25, 0.3) is 5.91 Å². The highest BCUT2D eigenvalue weighted by atomic mass is 35.5. The lowest BCUT2D eigenvalue weighted by molar-refractivity contribution is -0.120. The summed E-state index contributed by atoms with van der Waals surface area (Å²) in [6.45, 7) is 0. The van der Waals surface area contributed by atoms with Crippen LogP contribution in [0.25, 0.3) is 0 Å². The highest BCUT2D eigenvalue weighted by Crippen LogP contribution is 2.29. The van der Waals surface area contributed by atoms with Gasteiger partial charge in [-0.2, -0.15) is 0 Å². The van der Waals surface area contributed by atoms with Crippen LogP contribution >= 0.6 is 11.6 Å². The lowest BCUT2D eigenvalue weighted by Crippen LogP contribution is -2.49. The van der Waals surface area contributed by atoms with Crippen molar-refractivity contribution in [3.05, 3.63) is 76.5 Å². The van der Waals surface area contributed by atoms with Crippen LogP contribution in [0, 0.1) is 0 Å². The number of hydrogen-bond acceptors (Lipinski definition) is 3. The third kappa shape index (κ3) is 3.69. The van der Waals surface area contributed by atoms with Crippen LogP contribution in [0.15, 0.2) is 60.3 Å². The molecule has 0 radical (unpaired) electrons. The van der Waals surface area contributed by atoms with Crippen LogP contribution < -0.4 is 15.8 Å². The molecule has 6 heteroatoms. The molecule has 2 aromatic rings.